The van der Waals surface area contributed by atoms with Crippen molar-refractivity contribution in [2.45, 2.75) is 86.5 Å². The molecule has 1 aromatic carbocycles. The fourth-order valence-corrected chi connectivity index (χ4v) is 19.9. The number of aryl methyl sites for hydroxylation is 2. The third-order valence-electron chi connectivity index (χ3n) is 5.71. The number of benzene rings is 1. The summed E-state index contributed by atoms with van der Waals surface area (Å²) in [6.07, 6.45) is 9.49. The maximum atomic E-state index is 12.6. The summed E-state index contributed by atoms with van der Waals surface area (Å²) in [7, 11) is 0. The van der Waals surface area contributed by atoms with Crippen LogP contribution in [0, 0.1) is 13.8 Å². The van der Waals surface area contributed by atoms with Crippen LogP contribution in [0.4, 0.5) is 0 Å². The van der Waals surface area contributed by atoms with E-state index in [2.05, 4.69) is 58.9 Å². The van der Waals surface area contributed by atoms with Crippen LogP contribution in [0.25, 0.3) is 6.08 Å². The van der Waals surface area contributed by atoms with Gasteiger partial charge in [-0.25, -0.2) is 0 Å². The van der Waals surface area contributed by atoms with Crippen molar-refractivity contribution < 1.29 is 4.79 Å². The van der Waals surface area contributed by atoms with Gasteiger partial charge in [0.05, 0.1) is 0 Å². The molecule has 0 saturated carbocycles. The predicted octanol–water partition coefficient (Wildman–Crippen LogP) is 6.56. The third kappa shape index (κ3) is 6.75. The molecule has 0 aromatic heterocycles. The molecule has 1 amide bonds. The Labute approximate surface area is 165 Å². The molecule has 1 rings (SSSR count). The minimum absolute atomic E-state index is 0.151. The van der Waals surface area contributed by atoms with E-state index in [9.17, 15) is 4.79 Å². The Bertz CT molecular complexity index is 584. The van der Waals surface area contributed by atoms with Gasteiger partial charge >= 0.3 is 166 Å². The van der Waals surface area contributed by atoms with Crippen molar-refractivity contribution in [3.05, 3.63) is 38.5 Å². The van der Waals surface area contributed by atoms with E-state index >= 15 is 0 Å². The molecule has 0 atom stereocenters. The zero-order valence-electron chi connectivity index (χ0n) is 17.7. The first kappa shape index (κ1) is 23.3. The summed E-state index contributed by atoms with van der Waals surface area (Å²) in [4.78, 5) is 12.6. The van der Waals surface area contributed by atoms with Crippen molar-refractivity contribution in [1.82, 2.24) is 0 Å². The Morgan fingerprint density at radius 1 is 0.923 bits per heavy atom. The molecule has 0 unspecified atom stereocenters. The molecule has 2 N–H and O–H groups in total. The van der Waals surface area contributed by atoms with Crippen LogP contribution in [0.15, 0.2) is 21.8 Å². The molecule has 0 saturated heterocycles. The quantitative estimate of drug-likeness (QED) is 0.276. The van der Waals surface area contributed by atoms with Gasteiger partial charge in [-0.2, -0.15) is 0 Å². The van der Waals surface area contributed by atoms with E-state index in [4.69, 9.17) is 5.73 Å². The second-order valence-electron chi connectivity index (χ2n) is 7.86. The van der Waals surface area contributed by atoms with Gasteiger partial charge in [-0.15, -0.1) is 0 Å². The summed E-state index contributed by atoms with van der Waals surface area (Å²) in [6.45, 7) is 11.0. The van der Waals surface area contributed by atoms with Crippen LogP contribution in [-0.4, -0.2) is 24.3 Å². The molecule has 0 spiro atoms. The molecule has 2 nitrogen and oxygen atoms in total. The van der Waals surface area contributed by atoms with Gasteiger partial charge in [0, 0.05) is 0 Å². The van der Waals surface area contributed by atoms with E-state index in [1.807, 2.05) is 0 Å². The van der Waals surface area contributed by atoms with Gasteiger partial charge < -0.3 is 0 Å². The molecule has 1 aromatic rings. The molecule has 0 aliphatic carbocycles. The van der Waals surface area contributed by atoms with Crippen LogP contribution in [0.2, 0.25) is 13.3 Å². The minimum atomic E-state index is -2.80. The predicted molar refractivity (Wildman–Crippen MR) is 118 cm³/mol. The van der Waals surface area contributed by atoms with E-state index in [1.54, 1.807) is 0 Å². The number of nitrogens with two attached hydrogens (primary N) is 1. The Morgan fingerprint density at radius 2 is 1.42 bits per heavy atom. The average molecular weight is 464 g/mol. The molecule has 26 heavy (non-hydrogen) atoms. The summed E-state index contributed by atoms with van der Waals surface area (Å²) in [5, 5.41) is 0. The number of hydrogen-bond donors (Lipinski definition) is 1. The van der Waals surface area contributed by atoms with Gasteiger partial charge in [0.25, 0.3) is 0 Å². The van der Waals surface area contributed by atoms with Crippen molar-refractivity contribution in [3.8, 4) is 0 Å². The van der Waals surface area contributed by atoms with E-state index in [1.165, 1.54) is 63.0 Å². The molecule has 0 fully saturated rings. The number of carbonyl (C=O) groups is 1. The fraction of sp³-hybridized carbons (Fsp3) is 0.609. The van der Waals surface area contributed by atoms with Crippen LogP contribution in [-0.2, 0) is 4.79 Å². The number of primary amides is 1. The van der Waals surface area contributed by atoms with Crippen LogP contribution in [0.5, 0.6) is 0 Å². The Balaban J connectivity index is 3.41. The zero-order chi connectivity index (χ0) is 19.6. The van der Waals surface area contributed by atoms with Gasteiger partial charge in [0.15, 0.2) is 0 Å². The third-order valence-corrected chi connectivity index (χ3v) is 21.3. The Kier molecular flexibility index (Phi) is 10.6. The Morgan fingerprint density at radius 3 is 1.81 bits per heavy atom. The number of hydrogen-bond acceptors (Lipinski definition) is 1. The van der Waals surface area contributed by atoms with Gasteiger partial charge in [-0.05, 0) is 0 Å². The van der Waals surface area contributed by atoms with Gasteiger partial charge in [0.2, 0.25) is 0 Å². The Hall–Kier alpha value is -0.771. The van der Waals surface area contributed by atoms with Gasteiger partial charge in [-0.3, -0.25) is 0 Å². The molecule has 0 bridgehead atoms. The molecule has 146 valence electrons. The van der Waals surface area contributed by atoms with Crippen molar-refractivity contribution in [1.29, 1.82) is 0 Å². The molecule has 3 heteroatoms. The summed E-state index contributed by atoms with van der Waals surface area (Å²) >= 11 is -2.80. The number of amides is 1. The topological polar surface area (TPSA) is 43.1 Å². The fourth-order valence-electron chi connectivity index (χ4n) is 3.83. The van der Waals surface area contributed by atoms with Crippen LogP contribution in [0.3, 0.4) is 0 Å². The number of carbonyl (C=O) groups excluding carboxylic acids is 1. The number of rotatable bonds is 12. The van der Waals surface area contributed by atoms with E-state index in [-0.39, 0.29) is 5.91 Å². The van der Waals surface area contributed by atoms with Crippen molar-refractivity contribution in [3.63, 3.8) is 0 Å². The monoisotopic (exact) mass is 465 g/mol. The molecule has 0 aliphatic heterocycles. The summed E-state index contributed by atoms with van der Waals surface area (Å²) < 4.78 is 4.86. The summed E-state index contributed by atoms with van der Waals surface area (Å²) in [5.74, 6) is -0.151. The van der Waals surface area contributed by atoms with Gasteiger partial charge in [-0.1, -0.05) is 0 Å². The van der Waals surface area contributed by atoms with E-state index < -0.39 is 18.4 Å². The first-order chi connectivity index (χ1) is 12.4. The number of unbranched alkanes of at least 4 members (excludes halogenated alkanes) is 3. The molecule has 0 heterocycles. The molecule has 0 aliphatic rings. The van der Waals surface area contributed by atoms with E-state index in [0.717, 1.165) is 9.15 Å². The second-order valence-corrected chi connectivity index (χ2v) is 21.0. The maximum absolute atomic E-state index is 12.6. The SMILES string of the molecule is CCC[CH2][Sn]([CH2]CCC)([CH2]CCC)/[C](=C/c1ccc(C)c(C)c1)C(N)=O. The van der Waals surface area contributed by atoms with E-state index in [0.29, 0.717) is 0 Å². The van der Waals surface area contributed by atoms with Crippen LogP contribution < -0.4 is 5.73 Å². The summed E-state index contributed by atoms with van der Waals surface area (Å²) in [6, 6.07) is 6.50. The first-order valence-corrected chi connectivity index (χ1v) is 18.0. The molecular formula is C23H39NOSn. The normalized spacial score (nSPS) is 12.4. The average Bonchev–Trinajstić information content (AvgIpc) is 2.62. The van der Waals surface area contributed by atoms with Gasteiger partial charge in [0.1, 0.15) is 0 Å². The first-order valence-electron chi connectivity index (χ1n) is 10.5. The molecule has 0 radical (unpaired) electrons. The van der Waals surface area contributed by atoms with Crippen molar-refractivity contribution >= 4 is 30.4 Å². The second kappa shape index (κ2) is 11.8. The van der Waals surface area contributed by atoms with Crippen LogP contribution >= 0.6 is 0 Å². The summed E-state index contributed by atoms with van der Waals surface area (Å²) in [5.41, 5.74) is 9.71. The zero-order valence-corrected chi connectivity index (χ0v) is 20.5. The molecular weight excluding hydrogens is 425 g/mol. The van der Waals surface area contributed by atoms with Crippen LogP contribution in [0.1, 0.15) is 76.0 Å². The standard InChI is InChI=1S/C11H12NO.3C4H9.Sn/c1-8-3-4-10(7-9(8)2)5-6-11(12)13;3*1-3-4-2;/h3-5,7H,1-2H3,(H2,12,13);3*1,3-4H2,2H3;. The van der Waals surface area contributed by atoms with Crippen molar-refractivity contribution in [2.24, 2.45) is 5.73 Å². The van der Waals surface area contributed by atoms with Crippen molar-refractivity contribution in [2.75, 3.05) is 0 Å².